The monoisotopic (exact) mass is 395 g/mol. The molecule has 6 nitrogen and oxygen atoms in total. The number of rotatable bonds is 4. The standard InChI is InChI=1S/C21H25N5OS/c1-14-6-4-5-7-18(14)24-19(27)12-25-10-15(2)26(16(3)11-25)20-17-8-9-28-21(17)23-13-22-20/h4-9,13,15-16H,10-12H2,1-3H3,(H,24,27). The Morgan fingerprint density at radius 2 is 1.93 bits per heavy atom. The number of amides is 1. The number of nitrogens with zero attached hydrogens (tertiary/aromatic N) is 4. The minimum atomic E-state index is 0.0319. The van der Waals surface area contributed by atoms with Crippen molar-refractivity contribution in [2.45, 2.75) is 32.9 Å². The van der Waals surface area contributed by atoms with Crippen LogP contribution in [0.3, 0.4) is 0 Å². The molecular formula is C21H25N5OS. The van der Waals surface area contributed by atoms with Crippen molar-refractivity contribution in [1.29, 1.82) is 0 Å². The lowest BCUT2D eigenvalue weighted by Crippen LogP contribution is -2.58. The Morgan fingerprint density at radius 1 is 1.18 bits per heavy atom. The van der Waals surface area contributed by atoms with Gasteiger partial charge < -0.3 is 10.2 Å². The zero-order valence-electron chi connectivity index (χ0n) is 16.4. The fourth-order valence-corrected chi connectivity index (χ4v) is 4.79. The summed E-state index contributed by atoms with van der Waals surface area (Å²) in [4.78, 5) is 27.1. The number of hydrogen-bond acceptors (Lipinski definition) is 6. The summed E-state index contributed by atoms with van der Waals surface area (Å²) in [5, 5.41) is 6.21. The van der Waals surface area contributed by atoms with Crippen LogP contribution in [0.1, 0.15) is 19.4 Å². The number of aromatic nitrogens is 2. The van der Waals surface area contributed by atoms with Gasteiger partial charge in [-0.15, -0.1) is 11.3 Å². The summed E-state index contributed by atoms with van der Waals surface area (Å²) in [6.07, 6.45) is 1.65. The lowest BCUT2D eigenvalue weighted by Gasteiger charge is -2.45. The van der Waals surface area contributed by atoms with Gasteiger partial charge >= 0.3 is 0 Å². The van der Waals surface area contributed by atoms with Crippen molar-refractivity contribution < 1.29 is 4.79 Å². The quantitative estimate of drug-likeness (QED) is 0.732. The second-order valence-electron chi connectivity index (χ2n) is 7.50. The number of aryl methyl sites for hydroxylation is 1. The van der Waals surface area contributed by atoms with Crippen LogP contribution in [0.15, 0.2) is 42.0 Å². The SMILES string of the molecule is Cc1ccccc1NC(=O)CN1CC(C)N(c2ncnc3sccc23)C(C)C1. The first kappa shape index (κ1) is 18.8. The normalized spacial score (nSPS) is 20.5. The molecule has 0 aliphatic carbocycles. The van der Waals surface area contributed by atoms with E-state index in [0.717, 1.165) is 40.4 Å². The van der Waals surface area contributed by atoms with Crippen molar-refractivity contribution in [3.8, 4) is 0 Å². The number of benzene rings is 1. The van der Waals surface area contributed by atoms with E-state index in [9.17, 15) is 4.79 Å². The number of anilines is 2. The maximum Gasteiger partial charge on any atom is 0.238 e. The van der Waals surface area contributed by atoms with Gasteiger partial charge in [0, 0.05) is 30.9 Å². The molecule has 4 rings (SSSR count). The molecular weight excluding hydrogens is 370 g/mol. The highest BCUT2D eigenvalue weighted by molar-refractivity contribution is 7.16. The molecule has 1 N–H and O–H groups in total. The van der Waals surface area contributed by atoms with Crippen LogP contribution >= 0.6 is 11.3 Å². The second kappa shape index (κ2) is 7.85. The summed E-state index contributed by atoms with van der Waals surface area (Å²) in [5.74, 6) is 1.03. The Kier molecular flexibility index (Phi) is 5.28. The van der Waals surface area contributed by atoms with Gasteiger partial charge in [-0.3, -0.25) is 9.69 Å². The van der Waals surface area contributed by atoms with Gasteiger partial charge in [-0.1, -0.05) is 18.2 Å². The van der Waals surface area contributed by atoms with Crippen molar-refractivity contribution in [3.05, 3.63) is 47.6 Å². The molecule has 2 aromatic heterocycles. The van der Waals surface area contributed by atoms with Crippen LogP contribution in [0.2, 0.25) is 0 Å². The minimum Gasteiger partial charge on any atom is -0.348 e. The summed E-state index contributed by atoms with van der Waals surface area (Å²) in [7, 11) is 0. The van der Waals surface area contributed by atoms with Crippen molar-refractivity contribution in [2.24, 2.45) is 0 Å². The molecule has 3 heterocycles. The molecule has 0 bridgehead atoms. The molecule has 2 atom stereocenters. The average molecular weight is 396 g/mol. The molecule has 0 saturated carbocycles. The highest BCUT2D eigenvalue weighted by Crippen LogP contribution is 2.31. The molecule has 0 radical (unpaired) electrons. The molecule has 2 unspecified atom stereocenters. The lowest BCUT2D eigenvalue weighted by molar-refractivity contribution is -0.117. The van der Waals surface area contributed by atoms with Gasteiger partial charge in [0.25, 0.3) is 0 Å². The Morgan fingerprint density at radius 3 is 2.68 bits per heavy atom. The van der Waals surface area contributed by atoms with E-state index in [4.69, 9.17) is 0 Å². The molecule has 28 heavy (non-hydrogen) atoms. The topological polar surface area (TPSA) is 61.4 Å². The molecule has 3 aromatic rings. The van der Waals surface area contributed by atoms with Gasteiger partial charge in [0.05, 0.1) is 11.9 Å². The zero-order chi connectivity index (χ0) is 19.7. The number of nitrogens with one attached hydrogen (secondary N) is 1. The van der Waals surface area contributed by atoms with Gasteiger partial charge in [-0.2, -0.15) is 0 Å². The molecule has 1 amide bonds. The van der Waals surface area contributed by atoms with Crippen molar-refractivity contribution in [2.75, 3.05) is 29.9 Å². The molecule has 1 aliphatic rings. The lowest BCUT2D eigenvalue weighted by atomic mass is 10.1. The van der Waals surface area contributed by atoms with E-state index in [1.54, 1.807) is 17.7 Å². The van der Waals surface area contributed by atoms with Crippen LogP contribution < -0.4 is 10.2 Å². The van der Waals surface area contributed by atoms with E-state index in [0.29, 0.717) is 6.54 Å². The highest BCUT2D eigenvalue weighted by Gasteiger charge is 2.32. The summed E-state index contributed by atoms with van der Waals surface area (Å²) in [6.45, 7) is 8.44. The first-order chi connectivity index (χ1) is 13.5. The summed E-state index contributed by atoms with van der Waals surface area (Å²) < 4.78 is 0. The van der Waals surface area contributed by atoms with E-state index < -0.39 is 0 Å². The maximum atomic E-state index is 12.6. The number of carbonyl (C=O) groups excluding carboxylic acids is 1. The first-order valence-corrected chi connectivity index (χ1v) is 10.5. The second-order valence-corrected chi connectivity index (χ2v) is 8.39. The smallest absolute Gasteiger partial charge is 0.238 e. The largest absolute Gasteiger partial charge is 0.348 e. The van der Waals surface area contributed by atoms with E-state index in [-0.39, 0.29) is 18.0 Å². The third kappa shape index (κ3) is 3.72. The molecule has 1 aliphatic heterocycles. The van der Waals surface area contributed by atoms with Crippen LogP contribution in [-0.4, -0.2) is 52.5 Å². The Balaban J connectivity index is 1.44. The Labute approximate surface area is 169 Å². The van der Waals surface area contributed by atoms with Crippen molar-refractivity contribution in [3.63, 3.8) is 0 Å². The summed E-state index contributed by atoms with van der Waals surface area (Å²) in [5.41, 5.74) is 1.96. The van der Waals surface area contributed by atoms with Crippen LogP contribution in [0.4, 0.5) is 11.5 Å². The molecule has 1 aromatic carbocycles. The van der Waals surface area contributed by atoms with Gasteiger partial charge in [-0.05, 0) is 43.8 Å². The number of carbonyl (C=O) groups is 1. The van der Waals surface area contributed by atoms with Gasteiger partial charge in [0.1, 0.15) is 17.0 Å². The number of piperazine rings is 1. The third-order valence-corrected chi connectivity index (χ3v) is 6.09. The minimum absolute atomic E-state index is 0.0319. The fourth-order valence-electron chi connectivity index (χ4n) is 4.07. The number of fused-ring (bicyclic) bond motifs is 1. The fraction of sp³-hybridized carbons (Fsp3) is 0.381. The van der Waals surface area contributed by atoms with Gasteiger partial charge in [0.2, 0.25) is 5.91 Å². The number of para-hydroxylation sites is 1. The predicted octanol–water partition coefficient (Wildman–Crippen LogP) is 3.54. The van der Waals surface area contributed by atoms with Crippen LogP contribution in [0.25, 0.3) is 10.2 Å². The number of hydrogen-bond donors (Lipinski definition) is 1. The Bertz CT molecular complexity index is 976. The summed E-state index contributed by atoms with van der Waals surface area (Å²) in [6, 6.07) is 10.5. The average Bonchev–Trinajstić information content (AvgIpc) is 3.12. The summed E-state index contributed by atoms with van der Waals surface area (Å²) >= 11 is 1.64. The molecule has 146 valence electrons. The number of thiophene rings is 1. The Hall–Kier alpha value is -2.51. The van der Waals surface area contributed by atoms with Gasteiger partial charge in [0.15, 0.2) is 0 Å². The zero-order valence-corrected chi connectivity index (χ0v) is 17.2. The van der Waals surface area contributed by atoms with Crippen molar-refractivity contribution >= 4 is 39.0 Å². The molecule has 0 spiro atoms. The first-order valence-electron chi connectivity index (χ1n) is 9.57. The van der Waals surface area contributed by atoms with Crippen LogP contribution in [0.5, 0.6) is 0 Å². The van der Waals surface area contributed by atoms with Crippen LogP contribution in [-0.2, 0) is 4.79 Å². The predicted molar refractivity (Wildman–Crippen MR) is 115 cm³/mol. The molecule has 1 fully saturated rings. The molecule has 7 heteroatoms. The molecule has 1 saturated heterocycles. The van der Waals surface area contributed by atoms with E-state index in [2.05, 4.69) is 50.4 Å². The third-order valence-electron chi connectivity index (χ3n) is 5.27. The van der Waals surface area contributed by atoms with Gasteiger partial charge in [-0.25, -0.2) is 9.97 Å². The maximum absolute atomic E-state index is 12.6. The highest BCUT2D eigenvalue weighted by atomic mass is 32.1. The van der Waals surface area contributed by atoms with Crippen LogP contribution in [0, 0.1) is 6.92 Å². The van der Waals surface area contributed by atoms with E-state index >= 15 is 0 Å². The van der Waals surface area contributed by atoms with E-state index in [1.807, 2.05) is 31.2 Å². The van der Waals surface area contributed by atoms with E-state index in [1.165, 1.54) is 0 Å². The van der Waals surface area contributed by atoms with Crippen molar-refractivity contribution in [1.82, 2.24) is 14.9 Å².